The van der Waals surface area contributed by atoms with Crippen LogP contribution in [0, 0.1) is 10.1 Å². The number of anilines is 1. The van der Waals surface area contributed by atoms with Crippen LogP contribution in [0.1, 0.15) is 10.4 Å². The van der Waals surface area contributed by atoms with Crippen LogP contribution in [0.4, 0.5) is 20.3 Å². The zero-order valence-electron chi connectivity index (χ0n) is 9.21. The van der Waals surface area contributed by atoms with Crippen LogP contribution in [-0.2, 0) is 0 Å². The molecular weight excluding hydrogens is 252 g/mol. The summed E-state index contributed by atoms with van der Waals surface area (Å²) in [6.07, 6.45) is -1.80. The summed E-state index contributed by atoms with van der Waals surface area (Å²) in [5, 5.41) is 19.4. The summed E-state index contributed by atoms with van der Waals surface area (Å²) in [5.74, 6) is -1.68. The van der Waals surface area contributed by atoms with Crippen molar-refractivity contribution in [3.63, 3.8) is 0 Å². The molecule has 1 heterocycles. The minimum Gasteiger partial charge on any atom is -0.478 e. The number of aromatic carboxylic acids is 1. The molecule has 0 aromatic carbocycles. The largest absolute Gasteiger partial charge is 0.478 e. The predicted molar refractivity (Wildman–Crippen MR) is 57.1 cm³/mol. The van der Waals surface area contributed by atoms with Gasteiger partial charge >= 0.3 is 11.7 Å². The minimum atomic E-state index is -2.68. The molecule has 1 rings (SSSR count). The number of carboxylic acids is 1. The van der Waals surface area contributed by atoms with E-state index in [4.69, 9.17) is 5.11 Å². The summed E-state index contributed by atoms with van der Waals surface area (Å²) in [7, 11) is 1.21. The first kappa shape index (κ1) is 13.7. The first-order chi connectivity index (χ1) is 8.32. The SMILES string of the molecule is CN(CC(F)F)c1ncc(C(=O)O)cc1[N+](=O)[O-]. The molecule has 0 aliphatic rings. The highest BCUT2D eigenvalue weighted by atomic mass is 19.3. The van der Waals surface area contributed by atoms with Gasteiger partial charge in [0.05, 0.1) is 17.0 Å². The topological polar surface area (TPSA) is 96.6 Å². The van der Waals surface area contributed by atoms with Gasteiger partial charge in [0.2, 0.25) is 5.82 Å². The molecule has 0 saturated heterocycles. The molecule has 1 N–H and O–H groups in total. The molecule has 7 nitrogen and oxygen atoms in total. The number of alkyl halides is 2. The Balaban J connectivity index is 3.19. The maximum absolute atomic E-state index is 12.2. The molecule has 18 heavy (non-hydrogen) atoms. The van der Waals surface area contributed by atoms with Gasteiger partial charge in [0, 0.05) is 19.3 Å². The Morgan fingerprint density at radius 2 is 2.28 bits per heavy atom. The Morgan fingerprint density at radius 3 is 2.72 bits per heavy atom. The Labute approximate surface area is 99.8 Å². The van der Waals surface area contributed by atoms with Crippen LogP contribution in [-0.4, -0.2) is 41.0 Å². The quantitative estimate of drug-likeness (QED) is 0.635. The molecule has 1 aromatic rings. The first-order valence-corrected chi connectivity index (χ1v) is 4.70. The summed E-state index contributed by atoms with van der Waals surface area (Å²) in [4.78, 5) is 25.0. The summed E-state index contributed by atoms with van der Waals surface area (Å²) >= 11 is 0. The third-order valence-electron chi connectivity index (χ3n) is 2.06. The number of nitrogens with zero attached hydrogens (tertiary/aromatic N) is 3. The third-order valence-corrected chi connectivity index (χ3v) is 2.06. The van der Waals surface area contributed by atoms with Gasteiger partial charge in [0.15, 0.2) is 0 Å². The van der Waals surface area contributed by atoms with Crippen molar-refractivity contribution < 1.29 is 23.6 Å². The molecule has 0 fully saturated rings. The van der Waals surface area contributed by atoms with E-state index >= 15 is 0 Å². The highest BCUT2D eigenvalue weighted by Crippen LogP contribution is 2.26. The third kappa shape index (κ3) is 3.09. The van der Waals surface area contributed by atoms with Gasteiger partial charge in [-0.05, 0) is 0 Å². The Bertz CT molecular complexity index is 481. The van der Waals surface area contributed by atoms with E-state index in [1.54, 1.807) is 0 Å². The maximum atomic E-state index is 12.2. The molecule has 0 aliphatic carbocycles. The van der Waals surface area contributed by atoms with Crippen molar-refractivity contribution in [2.75, 3.05) is 18.5 Å². The number of carbonyl (C=O) groups is 1. The second-order valence-corrected chi connectivity index (χ2v) is 3.40. The van der Waals surface area contributed by atoms with Crippen LogP contribution < -0.4 is 4.90 Å². The van der Waals surface area contributed by atoms with Gasteiger partial charge in [0.25, 0.3) is 6.43 Å². The lowest BCUT2D eigenvalue weighted by atomic mass is 10.2. The molecular formula is C9H9F2N3O4. The standard InChI is InChI=1S/C9H9F2N3O4/c1-13(4-7(10)11)8-6(14(17)18)2-5(3-12-8)9(15)16/h2-3,7H,4H2,1H3,(H,15,16). The lowest BCUT2D eigenvalue weighted by Gasteiger charge is -2.17. The smallest absolute Gasteiger partial charge is 0.337 e. The summed E-state index contributed by atoms with van der Waals surface area (Å²) < 4.78 is 24.4. The van der Waals surface area contributed by atoms with Crippen molar-refractivity contribution in [1.29, 1.82) is 0 Å². The molecule has 1 aromatic heterocycles. The fourth-order valence-corrected chi connectivity index (χ4v) is 1.28. The molecule has 0 atom stereocenters. The second-order valence-electron chi connectivity index (χ2n) is 3.40. The number of hydrogen-bond acceptors (Lipinski definition) is 5. The average Bonchev–Trinajstić information content (AvgIpc) is 2.26. The zero-order chi connectivity index (χ0) is 13.9. The molecule has 0 bridgehead atoms. The highest BCUT2D eigenvalue weighted by Gasteiger charge is 2.23. The van der Waals surface area contributed by atoms with Gasteiger partial charge in [-0.3, -0.25) is 10.1 Å². The van der Waals surface area contributed by atoms with Crippen LogP contribution in [0.3, 0.4) is 0 Å². The van der Waals surface area contributed by atoms with Crippen LogP contribution in [0.25, 0.3) is 0 Å². The number of hydrogen-bond donors (Lipinski definition) is 1. The van der Waals surface area contributed by atoms with E-state index in [0.717, 1.165) is 17.2 Å². The predicted octanol–water partition coefficient (Wildman–Crippen LogP) is 1.39. The molecule has 0 amide bonds. The molecule has 0 unspecified atom stereocenters. The highest BCUT2D eigenvalue weighted by molar-refractivity contribution is 5.88. The van der Waals surface area contributed by atoms with Crippen molar-refractivity contribution in [2.24, 2.45) is 0 Å². The summed E-state index contributed by atoms with van der Waals surface area (Å²) in [6, 6.07) is 0.784. The van der Waals surface area contributed by atoms with Gasteiger partial charge in [0.1, 0.15) is 0 Å². The number of aromatic nitrogens is 1. The Morgan fingerprint density at radius 1 is 1.67 bits per heavy atom. The average molecular weight is 261 g/mol. The molecule has 9 heteroatoms. The van der Waals surface area contributed by atoms with Gasteiger partial charge in [-0.2, -0.15) is 0 Å². The van der Waals surface area contributed by atoms with Crippen LogP contribution in [0.5, 0.6) is 0 Å². The van der Waals surface area contributed by atoms with E-state index < -0.39 is 29.6 Å². The van der Waals surface area contributed by atoms with Crippen molar-refractivity contribution >= 4 is 17.5 Å². The van der Waals surface area contributed by atoms with E-state index in [0.29, 0.717) is 0 Å². The Hall–Kier alpha value is -2.32. The second kappa shape index (κ2) is 5.34. The van der Waals surface area contributed by atoms with Crippen LogP contribution >= 0.6 is 0 Å². The number of nitro groups is 1. The minimum absolute atomic E-state index is 0.301. The van der Waals surface area contributed by atoms with Gasteiger partial charge in [-0.25, -0.2) is 18.6 Å². The van der Waals surface area contributed by atoms with E-state index in [2.05, 4.69) is 4.98 Å². The number of carboxylic acid groups (broad SMARTS) is 1. The molecule has 0 radical (unpaired) electrons. The molecule has 0 aliphatic heterocycles. The van der Waals surface area contributed by atoms with Crippen molar-refractivity contribution in [3.8, 4) is 0 Å². The monoisotopic (exact) mass is 261 g/mol. The van der Waals surface area contributed by atoms with Gasteiger partial charge in [-0.1, -0.05) is 0 Å². The van der Waals surface area contributed by atoms with E-state index in [1.165, 1.54) is 7.05 Å². The fraction of sp³-hybridized carbons (Fsp3) is 0.333. The summed E-state index contributed by atoms with van der Waals surface area (Å²) in [6.45, 7) is -0.736. The number of halogens is 2. The lowest BCUT2D eigenvalue weighted by molar-refractivity contribution is -0.384. The Kier molecular flexibility index (Phi) is 4.08. The van der Waals surface area contributed by atoms with Gasteiger partial charge in [-0.15, -0.1) is 0 Å². The zero-order valence-corrected chi connectivity index (χ0v) is 9.21. The fourth-order valence-electron chi connectivity index (χ4n) is 1.28. The van der Waals surface area contributed by atoms with Gasteiger partial charge < -0.3 is 10.0 Å². The maximum Gasteiger partial charge on any atom is 0.337 e. The van der Waals surface area contributed by atoms with E-state index in [9.17, 15) is 23.7 Å². The van der Waals surface area contributed by atoms with Crippen molar-refractivity contribution in [3.05, 3.63) is 27.9 Å². The molecule has 98 valence electrons. The van der Waals surface area contributed by atoms with Crippen molar-refractivity contribution in [1.82, 2.24) is 4.98 Å². The number of rotatable bonds is 5. The van der Waals surface area contributed by atoms with E-state index in [-0.39, 0.29) is 11.4 Å². The molecule has 0 saturated carbocycles. The molecule has 0 spiro atoms. The number of pyridine rings is 1. The summed E-state index contributed by atoms with van der Waals surface area (Å²) in [5.41, 5.74) is -1.01. The van der Waals surface area contributed by atoms with Crippen LogP contribution in [0.15, 0.2) is 12.3 Å². The lowest BCUT2D eigenvalue weighted by Crippen LogP contribution is -2.26. The van der Waals surface area contributed by atoms with Crippen molar-refractivity contribution in [2.45, 2.75) is 6.43 Å². The normalized spacial score (nSPS) is 10.4. The van der Waals surface area contributed by atoms with E-state index in [1.807, 2.05) is 0 Å². The first-order valence-electron chi connectivity index (χ1n) is 4.70. The van der Waals surface area contributed by atoms with Crippen LogP contribution in [0.2, 0.25) is 0 Å².